The van der Waals surface area contributed by atoms with Crippen LogP contribution in [0.15, 0.2) is 59.2 Å². The first kappa shape index (κ1) is 14.0. The van der Waals surface area contributed by atoms with Gasteiger partial charge < -0.3 is 10.1 Å². The molecule has 0 unspecified atom stereocenters. The second kappa shape index (κ2) is 5.81. The molecule has 2 aromatic carbocycles. The van der Waals surface area contributed by atoms with Gasteiger partial charge in [-0.1, -0.05) is 30.3 Å². The van der Waals surface area contributed by atoms with E-state index in [9.17, 15) is 9.18 Å². The molecule has 1 aliphatic heterocycles. The molecule has 0 bridgehead atoms. The van der Waals surface area contributed by atoms with E-state index in [0.29, 0.717) is 17.1 Å². The Balaban J connectivity index is 1.96. The van der Waals surface area contributed by atoms with Gasteiger partial charge in [0.15, 0.2) is 0 Å². The van der Waals surface area contributed by atoms with Crippen LogP contribution < -0.4 is 10.1 Å². The number of ether oxygens (including phenoxy) is 1. The number of hydrogen-bond donors (Lipinski definition) is 1. The fourth-order valence-corrected chi connectivity index (χ4v) is 2.12. The third-order valence-electron chi connectivity index (χ3n) is 3.24. The molecule has 0 atom stereocenters. The Morgan fingerprint density at radius 2 is 2.00 bits per heavy atom. The maximum absolute atomic E-state index is 13.6. The fourth-order valence-electron chi connectivity index (χ4n) is 2.12. The Morgan fingerprint density at radius 1 is 1.18 bits per heavy atom. The topological polar surface area (TPSA) is 50.7 Å². The number of benzene rings is 2. The van der Waals surface area contributed by atoms with Crippen molar-refractivity contribution in [2.45, 2.75) is 0 Å². The summed E-state index contributed by atoms with van der Waals surface area (Å²) in [6.07, 6.45) is 1.43. The number of carbonyl (C=O) groups excluding carboxylic acids is 1. The molecule has 1 amide bonds. The number of aliphatic imine (C=N–C) groups is 1. The lowest BCUT2D eigenvalue weighted by Crippen LogP contribution is -2.24. The number of hydrogen-bond acceptors (Lipinski definition) is 3. The van der Waals surface area contributed by atoms with Gasteiger partial charge >= 0.3 is 0 Å². The normalized spacial score (nSPS) is 15.6. The molecular weight excluding hydrogens is 283 g/mol. The first-order chi connectivity index (χ1) is 10.7. The predicted molar refractivity (Wildman–Crippen MR) is 82.1 cm³/mol. The average Bonchev–Trinajstić information content (AvgIpc) is 2.91. The zero-order chi connectivity index (χ0) is 15.5. The van der Waals surface area contributed by atoms with Gasteiger partial charge in [0.05, 0.1) is 7.11 Å². The number of rotatable bonds is 3. The second-order valence-electron chi connectivity index (χ2n) is 4.70. The summed E-state index contributed by atoms with van der Waals surface area (Å²) in [6, 6.07) is 13.4. The predicted octanol–water partition coefficient (Wildman–Crippen LogP) is 2.75. The molecule has 0 aliphatic carbocycles. The van der Waals surface area contributed by atoms with Crippen LogP contribution >= 0.6 is 0 Å². The molecule has 0 saturated carbocycles. The number of methoxy groups -OCH3 is 1. The Morgan fingerprint density at radius 3 is 2.77 bits per heavy atom. The van der Waals surface area contributed by atoms with E-state index in [2.05, 4.69) is 10.3 Å². The summed E-state index contributed by atoms with van der Waals surface area (Å²) in [4.78, 5) is 16.2. The maximum atomic E-state index is 13.6. The van der Waals surface area contributed by atoms with Crippen LogP contribution in [0.1, 0.15) is 11.1 Å². The highest BCUT2D eigenvalue weighted by Gasteiger charge is 2.21. The van der Waals surface area contributed by atoms with Crippen LogP contribution in [0.5, 0.6) is 5.75 Å². The van der Waals surface area contributed by atoms with E-state index in [1.807, 2.05) is 6.07 Å². The molecule has 1 aliphatic rings. The molecule has 0 radical (unpaired) electrons. The molecule has 1 heterocycles. The lowest BCUT2D eigenvalue weighted by Gasteiger charge is -2.03. The fraction of sp³-hybridized carbons (Fsp3) is 0.0588. The van der Waals surface area contributed by atoms with E-state index in [1.54, 1.807) is 43.5 Å². The smallest absolute Gasteiger partial charge is 0.275 e. The summed E-state index contributed by atoms with van der Waals surface area (Å²) in [5, 5.41) is 2.68. The monoisotopic (exact) mass is 296 g/mol. The Hall–Kier alpha value is -2.95. The summed E-state index contributed by atoms with van der Waals surface area (Å²) < 4.78 is 18.8. The van der Waals surface area contributed by atoms with Crippen molar-refractivity contribution in [2.24, 2.45) is 4.99 Å². The molecule has 3 rings (SSSR count). The summed E-state index contributed by atoms with van der Waals surface area (Å²) in [6.45, 7) is 0. The zero-order valence-electron chi connectivity index (χ0n) is 11.8. The number of nitrogens with one attached hydrogen (secondary N) is 1. The third-order valence-corrected chi connectivity index (χ3v) is 3.24. The summed E-state index contributed by atoms with van der Waals surface area (Å²) in [7, 11) is 1.57. The van der Waals surface area contributed by atoms with Crippen molar-refractivity contribution in [3.8, 4) is 5.75 Å². The van der Waals surface area contributed by atoms with Crippen molar-refractivity contribution < 1.29 is 13.9 Å². The van der Waals surface area contributed by atoms with Crippen LogP contribution in [0.3, 0.4) is 0 Å². The molecule has 0 fully saturated rings. The van der Waals surface area contributed by atoms with Gasteiger partial charge in [-0.15, -0.1) is 0 Å². The minimum Gasteiger partial charge on any atom is -0.497 e. The number of amides is 1. The molecule has 1 N–H and O–H groups in total. The summed E-state index contributed by atoms with van der Waals surface area (Å²) >= 11 is 0. The van der Waals surface area contributed by atoms with Crippen molar-refractivity contribution in [2.75, 3.05) is 7.11 Å². The molecule has 4 nitrogen and oxygen atoms in total. The number of halogens is 1. The minimum absolute atomic E-state index is 0.169. The molecule has 2 aromatic rings. The quantitative estimate of drug-likeness (QED) is 0.885. The van der Waals surface area contributed by atoms with Crippen molar-refractivity contribution in [1.82, 2.24) is 5.32 Å². The van der Waals surface area contributed by atoms with Gasteiger partial charge in [-0.05, 0) is 24.3 Å². The van der Waals surface area contributed by atoms with Gasteiger partial charge in [-0.2, -0.15) is 0 Å². The van der Waals surface area contributed by atoms with Crippen LogP contribution in [0.2, 0.25) is 0 Å². The van der Waals surface area contributed by atoms with Crippen molar-refractivity contribution >= 4 is 17.8 Å². The second-order valence-corrected chi connectivity index (χ2v) is 4.70. The number of carbonyl (C=O) groups is 1. The Labute approximate surface area is 127 Å². The van der Waals surface area contributed by atoms with Gasteiger partial charge in [0, 0.05) is 11.1 Å². The van der Waals surface area contributed by atoms with E-state index in [4.69, 9.17) is 4.74 Å². The number of amidine groups is 1. The highest BCUT2D eigenvalue weighted by Crippen LogP contribution is 2.19. The Bertz CT molecular complexity index is 797. The van der Waals surface area contributed by atoms with E-state index in [0.717, 1.165) is 5.56 Å². The van der Waals surface area contributed by atoms with E-state index in [-0.39, 0.29) is 11.6 Å². The molecule has 0 aromatic heterocycles. The van der Waals surface area contributed by atoms with Gasteiger partial charge in [-0.25, -0.2) is 9.38 Å². The van der Waals surface area contributed by atoms with E-state index < -0.39 is 5.82 Å². The SMILES string of the molecule is COc1cccc(C2=N/C(=C\c3ccccc3F)C(=O)N2)c1. The van der Waals surface area contributed by atoms with Crippen molar-refractivity contribution in [3.63, 3.8) is 0 Å². The van der Waals surface area contributed by atoms with Gasteiger partial charge in [0.1, 0.15) is 23.1 Å². The zero-order valence-corrected chi connectivity index (χ0v) is 11.8. The van der Waals surface area contributed by atoms with Crippen LogP contribution in [0.25, 0.3) is 6.08 Å². The highest BCUT2D eigenvalue weighted by molar-refractivity contribution is 6.19. The van der Waals surface area contributed by atoms with E-state index in [1.165, 1.54) is 12.1 Å². The van der Waals surface area contributed by atoms with Crippen molar-refractivity contribution in [3.05, 3.63) is 71.2 Å². The van der Waals surface area contributed by atoms with Gasteiger partial charge in [-0.3, -0.25) is 4.79 Å². The van der Waals surface area contributed by atoms with Crippen molar-refractivity contribution in [1.29, 1.82) is 0 Å². The number of nitrogens with zero attached hydrogens (tertiary/aromatic N) is 1. The molecule has 110 valence electrons. The lowest BCUT2D eigenvalue weighted by atomic mass is 10.2. The van der Waals surface area contributed by atoms with Crippen LogP contribution in [-0.2, 0) is 4.79 Å². The average molecular weight is 296 g/mol. The molecule has 5 heteroatoms. The maximum Gasteiger partial charge on any atom is 0.275 e. The molecule has 22 heavy (non-hydrogen) atoms. The lowest BCUT2D eigenvalue weighted by molar-refractivity contribution is -0.115. The molecular formula is C17H13FN2O2. The summed E-state index contributed by atoms with van der Waals surface area (Å²) in [5.74, 6) is 0.335. The minimum atomic E-state index is -0.396. The molecule has 0 spiro atoms. The highest BCUT2D eigenvalue weighted by atomic mass is 19.1. The first-order valence-electron chi connectivity index (χ1n) is 6.68. The first-order valence-corrected chi connectivity index (χ1v) is 6.68. The van der Waals surface area contributed by atoms with Crippen LogP contribution in [0, 0.1) is 5.82 Å². The van der Waals surface area contributed by atoms with E-state index >= 15 is 0 Å². The largest absolute Gasteiger partial charge is 0.497 e. The summed E-state index contributed by atoms with van der Waals surface area (Å²) in [5.41, 5.74) is 1.22. The standard InChI is InChI=1S/C17H13FN2O2/c1-22-13-7-4-6-12(9-13)16-19-15(17(21)20-16)10-11-5-2-3-8-14(11)18/h2-10H,1H3,(H,19,20,21)/b15-10-. The Kier molecular flexibility index (Phi) is 3.70. The van der Waals surface area contributed by atoms with Crippen LogP contribution in [-0.4, -0.2) is 18.9 Å². The molecule has 0 saturated heterocycles. The van der Waals surface area contributed by atoms with Crippen LogP contribution in [0.4, 0.5) is 4.39 Å². The van der Waals surface area contributed by atoms with Gasteiger partial charge in [0.2, 0.25) is 0 Å². The third kappa shape index (κ3) is 2.74. The van der Waals surface area contributed by atoms with Gasteiger partial charge in [0.25, 0.3) is 5.91 Å².